The minimum atomic E-state index is -0.491. The maximum absolute atomic E-state index is 13.1. The predicted octanol–water partition coefficient (Wildman–Crippen LogP) is 4.53. The summed E-state index contributed by atoms with van der Waals surface area (Å²) in [6.07, 6.45) is 6.04. The molecule has 3 aliphatic rings. The van der Waals surface area contributed by atoms with Crippen molar-refractivity contribution < 1.29 is 9.53 Å². The summed E-state index contributed by atoms with van der Waals surface area (Å²) < 4.78 is 6.00. The third kappa shape index (κ3) is 4.47. The van der Waals surface area contributed by atoms with E-state index >= 15 is 0 Å². The van der Waals surface area contributed by atoms with Crippen LogP contribution in [0.4, 0.5) is 5.69 Å². The second kappa shape index (κ2) is 8.93. The molecule has 5 rings (SSSR count). The van der Waals surface area contributed by atoms with Gasteiger partial charge in [-0.15, -0.1) is 11.8 Å². The summed E-state index contributed by atoms with van der Waals surface area (Å²) in [7, 11) is 0. The van der Waals surface area contributed by atoms with Gasteiger partial charge in [0.05, 0.1) is 5.69 Å². The van der Waals surface area contributed by atoms with Gasteiger partial charge in [0, 0.05) is 17.7 Å². The van der Waals surface area contributed by atoms with Crippen LogP contribution in [0.5, 0.6) is 0 Å². The molecule has 2 bridgehead atoms. The molecule has 0 aromatic heterocycles. The molecule has 3 fully saturated rings. The zero-order valence-corrected chi connectivity index (χ0v) is 17.0. The number of piperidine rings is 3. The smallest absolute Gasteiger partial charge is 0.319 e. The lowest BCUT2D eigenvalue weighted by Crippen LogP contribution is -2.52. The van der Waals surface area contributed by atoms with E-state index in [4.69, 9.17) is 4.74 Å². The van der Waals surface area contributed by atoms with E-state index in [-0.39, 0.29) is 12.1 Å². The average molecular weight is 395 g/mol. The van der Waals surface area contributed by atoms with E-state index in [1.54, 1.807) is 18.0 Å². The molecule has 2 aromatic rings. The van der Waals surface area contributed by atoms with E-state index in [0.29, 0.717) is 5.92 Å². The molecule has 3 aliphatic heterocycles. The molecule has 4 nitrogen and oxygen atoms in total. The highest BCUT2D eigenvalue weighted by Crippen LogP contribution is 2.31. The highest BCUT2D eigenvalue weighted by Gasteiger charge is 2.37. The fraction of sp³-hybridized carbons (Fsp3) is 0.391. The summed E-state index contributed by atoms with van der Waals surface area (Å²) in [5.74, 6) is -0.190. The molecule has 5 heteroatoms. The topological polar surface area (TPSA) is 41.9 Å². The Kier molecular flexibility index (Phi) is 6.13. The zero-order valence-electron chi connectivity index (χ0n) is 16.2. The van der Waals surface area contributed by atoms with Crippen LogP contribution >= 0.6 is 11.8 Å². The Morgan fingerprint density at radius 3 is 2.64 bits per heavy atom. The van der Waals surface area contributed by atoms with E-state index < -0.39 is 5.92 Å². The Hall–Kier alpha value is -2.11. The van der Waals surface area contributed by atoms with E-state index in [2.05, 4.69) is 16.0 Å². The number of carbonyl (C=O) groups is 1. The summed E-state index contributed by atoms with van der Waals surface area (Å²) in [4.78, 5) is 21.3. The van der Waals surface area contributed by atoms with Crippen LogP contribution < -0.4 is 0 Å². The van der Waals surface area contributed by atoms with Crippen LogP contribution in [0.2, 0.25) is 0 Å². The number of carbonyl (C=O) groups excluding carboxylic acids is 1. The van der Waals surface area contributed by atoms with Gasteiger partial charge in [-0.2, -0.15) is 0 Å². The van der Waals surface area contributed by atoms with E-state index in [1.165, 1.54) is 0 Å². The number of benzene rings is 2. The third-order valence-corrected chi connectivity index (χ3v) is 6.43. The van der Waals surface area contributed by atoms with Gasteiger partial charge in [-0.1, -0.05) is 36.4 Å². The zero-order chi connectivity index (χ0) is 19.3. The van der Waals surface area contributed by atoms with Crippen LogP contribution in [-0.4, -0.2) is 49.1 Å². The first kappa shape index (κ1) is 19.2. The van der Waals surface area contributed by atoms with Crippen LogP contribution in [0.15, 0.2) is 64.5 Å². The first-order valence-electron chi connectivity index (χ1n) is 9.89. The molecule has 1 unspecified atom stereocenters. The molecule has 146 valence electrons. The second-order valence-electron chi connectivity index (χ2n) is 7.48. The van der Waals surface area contributed by atoms with E-state index in [9.17, 15) is 4.79 Å². The summed E-state index contributed by atoms with van der Waals surface area (Å²) in [6, 6.07) is 17.8. The van der Waals surface area contributed by atoms with Crippen molar-refractivity contribution in [2.24, 2.45) is 10.9 Å². The Bertz CT molecular complexity index is 832. The Morgan fingerprint density at radius 1 is 1.18 bits per heavy atom. The fourth-order valence-electron chi connectivity index (χ4n) is 4.06. The number of ether oxygens (including phenoxy) is 1. The average Bonchev–Trinajstić information content (AvgIpc) is 2.75. The monoisotopic (exact) mass is 394 g/mol. The fourth-order valence-corrected chi connectivity index (χ4v) is 4.51. The summed E-state index contributed by atoms with van der Waals surface area (Å²) in [5.41, 5.74) is 1.77. The van der Waals surface area contributed by atoms with Crippen molar-refractivity contribution in [3.63, 3.8) is 0 Å². The largest absolute Gasteiger partial charge is 0.460 e. The van der Waals surface area contributed by atoms with Gasteiger partial charge in [-0.25, -0.2) is 0 Å². The lowest BCUT2D eigenvalue weighted by Gasteiger charge is -2.44. The highest BCUT2D eigenvalue weighted by atomic mass is 32.2. The minimum Gasteiger partial charge on any atom is -0.460 e. The molecule has 2 atom stereocenters. The van der Waals surface area contributed by atoms with Crippen molar-refractivity contribution in [1.29, 1.82) is 0 Å². The molecule has 28 heavy (non-hydrogen) atoms. The van der Waals surface area contributed by atoms with Crippen LogP contribution in [0.1, 0.15) is 24.3 Å². The van der Waals surface area contributed by atoms with E-state index in [1.807, 2.05) is 54.8 Å². The second-order valence-corrected chi connectivity index (χ2v) is 8.36. The van der Waals surface area contributed by atoms with Crippen molar-refractivity contribution in [3.05, 3.63) is 60.2 Å². The lowest BCUT2D eigenvalue weighted by atomic mass is 9.85. The predicted molar refractivity (Wildman–Crippen MR) is 115 cm³/mol. The number of rotatable bonds is 6. The van der Waals surface area contributed by atoms with Gasteiger partial charge in [0.1, 0.15) is 12.0 Å². The van der Waals surface area contributed by atoms with Crippen LogP contribution in [-0.2, 0) is 9.53 Å². The molecule has 0 N–H and O–H groups in total. The van der Waals surface area contributed by atoms with Crippen molar-refractivity contribution in [2.75, 3.05) is 25.9 Å². The number of hydrogen-bond donors (Lipinski definition) is 0. The van der Waals surface area contributed by atoms with Crippen molar-refractivity contribution in [1.82, 2.24) is 4.90 Å². The van der Waals surface area contributed by atoms with Crippen LogP contribution in [0.25, 0.3) is 0 Å². The van der Waals surface area contributed by atoms with Gasteiger partial charge >= 0.3 is 5.97 Å². The summed E-state index contributed by atoms with van der Waals surface area (Å²) in [6.45, 7) is 3.13. The van der Waals surface area contributed by atoms with Gasteiger partial charge in [0.2, 0.25) is 0 Å². The van der Waals surface area contributed by atoms with Crippen molar-refractivity contribution in [2.45, 2.75) is 29.8 Å². The number of fused-ring (bicyclic) bond motifs is 3. The third-order valence-electron chi connectivity index (χ3n) is 5.70. The van der Waals surface area contributed by atoms with Gasteiger partial charge < -0.3 is 4.74 Å². The molecule has 0 radical (unpaired) electrons. The van der Waals surface area contributed by atoms with Gasteiger partial charge in [0.25, 0.3) is 0 Å². The molecule has 3 heterocycles. The number of aliphatic imine (C=N–C) groups is 1. The van der Waals surface area contributed by atoms with Gasteiger partial charge in [-0.3, -0.25) is 14.7 Å². The maximum Gasteiger partial charge on any atom is 0.319 e. The molecule has 0 spiro atoms. The highest BCUT2D eigenvalue weighted by molar-refractivity contribution is 7.98. The maximum atomic E-state index is 13.1. The molecular formula is C23H26N2O2S. The SMILES string of the molecule is CSc1cccc(N=CC(C(=O)O[C@H]2CN3CCC2CC3)c2ccccc2)c1. The quantitative estimate of drug-likeness (QED) is 0.410. The van der Waals surface area contributed by atoms with E-state index in [0.717, 1.165) is 48.6 Å². The molecular weight excluding hydrogens is 368 g/mol. The summed E-state index contributed by atoms with van der Waals surface area (Å²) >= 11 is 1.68. The Morgan fingerprint density at radius 2 is 1.96 bits per heavy atom. The summed E-state index contributed by atoms with van der Waals surface area (Å²) in [5, 5.41) is 0. The Labute approximate surface area is 171 Å². The minimum absolute atomic E-state index is 0.00873. The van der Waals surface area contributed by atoms with Crippen molar-refractivity contribution >= 4 is 29.6 Å². The molecule has 3 saturated heterocycles. The molecule has 0 aliphatic carbocycles. The molecule has 2 aromatic carbocycles. The van der Waals surface area contributed by atoms with Crippen molar-refractivity contribution in [3.8, 4) is 0 Å². The first-order valence-corrected chi connectivity index (χ1v) is 11.1. The number of hydrogen-bond acceptors (Lipinski definition) is 5. The standard InChI is InChI=1S/C23H26N2O2S/c1-28-20-9-5-8-19(14-20)24-15-21(17-6-3-2-4-7-17)23(26)27-22-16-25-12-10-18(22)11-13-25/h2-9,14-15,18,21-22H,10-13,16H2,1H3/t21?,22-/m0/s1. The normalized spacial score (nSPS) is 25.0. The van der Waals surface area contributed by atoms with Gasteiger partial charge in [0.15, 0.2) is 0 Å². The van der Waals surface area contributed by atoms with Crippen LogP contribution in [0, 0.1) is 5.92 Å². The van der Waals surface area contributed by atoms with Gasteiger partial charge in [-0.05, 0) is 61.9 Å². The molecule has 0 amide bonds. The lowest BCUT2D eigenvalue weighted by molar-refractivity contribution is -0.158. The number of nitrogens with zero attached hydrogens (tertiary/aromatic N) is 2. The Balaban J connectivity index is 1.53. The first-order chi connectivity index (χ1) is 13.7. The van der Waals surface area contributed by atoms with Crippen LogP contribution in [0.3, 0.4) is 0 Å². The molecule has 0 saturated carbocycles. The number of esters is 1. The number of thioether (sulfide) groups is 1.